The molecule has 0 saturated carbocycles. The Morgan fingerprint density at radius 1 is 1.38 bits per heavy atom. The number of methoxy groups -OCH3 is 2. The van der Waals surface area contributed by atoms with E-state index in [2.05, 4.69) is 0 Å². The smallest absolute Gasteiger partial charge is 0.332 e. The van der Waals surface area contributed by atoms with Gasteiger partial charge in [-0.3, -0.25) is 14.9 Å². The number of hydrogen-bond donors (Lipinski definition) is 0. The predicted molar refractivity (Wildman–Crippen MR) is 51.6 cm³/mol. The highest BCUT2D eigenvalue weighted by molar-refractivity contribution is 5.90. The molecule has 1 rings (SSSR count). The molecule has 0 spiro atoms. The quantitative estimate of drug-likeness (QED) is 0.446. The van der Waals surface area contributed by atoms with Gasteiger partial charge in [0.1, 0.15) is 0 Å². The van der Waals surface area contributed by atoms with Crippen molar-refractivity contribution in [2.24, 2.45) is 0 Å². The van der Waals surface area contributed by atoms with Gasteiger partial charge in [0.15, 0.2) is 5.75 Å². The Bertz CT molecular complexity index is 446. The minimum atomic E-state index is -1.77. The lowest BCUT2D eigenvalue weighted by Gasteiger charge is -2.08. The van der Waals surface area contributed by atoms with Crippen molar-refractivity contribution in [3.63, 3.8) is 0 Å². The van der Waals surface area contributed by atoms with Crippen molar-refractivity contribution in [3.8, 4) is 11.5 Å². The van der Waals surface area contributed by atoms with Crippen LogP contribution in [0.2, 0.25) is 0 Å². The number of benzene rings is 1. The molecule has 0 aliphatic carbocycles. The van der Waals surface area contributed by atoms with Crippen molar-refractivity contribution in [1.29, 1.82) is 0 Å². The molecule has 0 fully saturated rings. The Labute approximate surface area is 89.7 Å². The van der Waals surface area contributed by atoms with Crippen molar-refractivity contribution in [3.05, 3.63) is 27.8 Å². The van der Waals surface area contributed by atoms with Crippen LogP contribution in [0, 0.1) is 10.1 Å². The maximum Gasteiger partial charge on any atom is 0.332 e. The molecule has 0 aliphatic rings. The lowest BCUT2D eigenvalue weighted by atomic mass is 10.2. The number of ether oxygens (including phenoxy) is 2. The number of carbonyl (C=O) groups excluding carboxylic acids is 1. The van der Waals surface area contributed by atoms with Gasteiger partial charge in [0.05, 0.1) is 24.7 Å². The largest absolute Gasteiger partial charge is 0.493 e. The van der Waals surface area contributed by atoms with E-state index < -0.39 is 22.2 Å². The van der Waals surface area contributed by atoms with Gasteiger partial charge in [0, 0.05) is 6.07 Å². The zero-order chi connectivity index (χ0) is 12.3. The summed E-state index contributed by atoms with van der Waals surface area (Å²) in [5.41, 5.74) is -0.979. The van der Waals surface area contributed by atoms with Gasteiger partial charge in [-0.05, 0) is 6.07 Å². The van der Waals surface area contributed by atoms with Crippen LogP contribution in [0.25, 0.3) is 0 Å². The van der Waals surface area contributed by atoms with Crippen LogP contribution in [-0.2, 0) is 0 Å². The molecule has 1 aromatic rings. The molecule has 0 saturated heterocycles. The van der Waals surface area contributed by atoms with Crippen molar-refractivity contribution in [2.75, 3.05) is 14.2 Å². The van der Waals surface area contributed by atoms with Crippen LogP contribution >= 0.6 is 0 Å². The molecule has 0 heterocycles. The average molecular weight is 229 g/mol. The van der Waals surface area contributed by atoms with Crippen LogP contribution in [0.1, 0.15) is 10.4 Å². The highest BCUT2D eigenvalue weighted by atomic mass is 19.1. The van der Waals surface area contributed by atoms with E-state index in [1.165, 1.54) is 14.2 Å². The monoisotopic (exact) mass is 229 g/mol. The summed E-state index contributed by atoms with van der Waals surface area (Å²) in [7, 11) is 2.44. The molecule has 1 aromatic carbocycles. The minimum Gasteiger partial charge on any atom is -0.493 e. The molecule has 0 atom stereocenters. The van der Waals surface area contributed by atoms with Crippen LogP contribution in [0.5, 0.6) is 11.5 Å². The van der Waals surface area contributed by atoms with E-state index in [1.807, 2.05) is 0 Å². The summed E-state index contributed by atoms with van der Waals surface area (Å²) in [5, 5.41) is 10.7. The number of nitro benzene ring substituents is 1. The SMILES string of the molecule is COc1cc(C(=O)F)cc([N+](=O)[O-])c1OC. The van der Waals surface area contributed by atoms with E-state index in [-0.39, 0.29) is 11.5 Å². The standard InChI is InChI=1S/C9H8FNO5/c1-15-7-4-5(9(10)12)3-6(11(13)14)8(7)16-2/h3-4H,1-2H3. The number of hydrogen-bond acceptors (Lipinski definition) is 5. The van der Waals surface area contributed by atoms with Crippen molar-refractivity contribution in [2.45, 2.75) is 0 Å². The van der Waals surface area contributed by atoms with Crippen LogP contribution in [0.15, 0.2) is 12.1 Å². The van der Waals surface area contributed by atoms with Crippen LogP contribution in [-0.4, -0.2) is 25.2 Å². The first-order valence-electron chi connectivity index (χ1n) is 4.11. The molecular formula is C9H8FNO5. The van der Waals surface area contributed by atoms with E-state index in [4.69, 9.17) is 9.47 Å². The van der Waals surface area contributed by atoms with E-state index >= 15 is 0 Å². The lowest BCUT2D eigenvalue weighted by Crippen LogP contribution is -2.00. The van der Waals surface area contributed by atoms with E-state index in [0.29, 0.717) is 0 Å². The number of rotatable bonds is 4. The van der Waals surface area contributed by atoms with Crippen molar-refractivity contribution < 1.29 is 23.6 Å². The number of carbonyl (C=O) groups is 1. The first-order valence-corrected chi connectivity index (χ1v) is 4.11. The third-order valence-corrected chi connectivity index (χ3v) is 1.88. The van der Waals surface area contributed by atoms with Gasteiger partial charge < -0.3 is 9.47 Å². The first-order chi connectivity index (χ1) is 7.51. The Hall–Kier alpha value is -2.18. The molecule has 0 radical (unpaired) electrons. The zero-order valence-electron chi connectivity index (χ0n) is 8.52. The summed E-state index contributed by atoms with van der Waals surface area (Å²) >= 11 is 0. The zero-order valence-corrected chi connectivity index (χ0v) is 8.52. The van der Waals surface area contributed by atoms with Crippen molar-refractivity contribution >= 4 is 11.7 Å². The molecule has 0 bridgehead atoms. The predicted octanol–water partition coefficient (Wildman–Crippen LogP) is 1.72. The van der Waals surface area contributed by atoms with Gasteiger partial charge in [-0.2, -0.15) is 4.39 Å². The topological polar surface area (TPSA) is 78.7 Å². The van der Waals surface area contributed by atoms with E-state index in [9.17, 15) is 19.3 Å². The number of halogens is 1. The van der Waals surface area contributed by atoms with Gasteiger partial charge in [-0.25, -0.2) is 0 Å². The fourth-order valence-electron chi connectivity index (χ4n) is 1.19. The second-order valence-electron chi connectivity index (χ2n) is 2.76. The Balaban J connectivity index is 3.49. The molecule has 86 valence electrons. The highest BCUT2D eigenvalue weighted by Crippen LogP contribution is 2.38. The van der Waals surface area contributed by atoms with Crippen LogP contribution in [0.3, 0.4) is 0 Å². The molecule has 0 unspecified atom stereocenters. The fraction of sp³-hybridized carbons (Fsp3) is 0.222. The lowest BCUT2D eigenvalue weighted by molar-refractivity contribution is -0.385. The maximum absolute atomic E-state index is 12.5. The molecule has 0 aromatic heterocycles. The molecule has 0 N–H and O–H groups in total. The molecule has 6 nitrogen and oxygen atoms in total. The Morgan fingerprint density at radius 3 is 2.38 bits per heavy atom. The summed E-state index contributed by atoms with van der Waals surface area (Å²) in [4.78, 5) is 20.4. The molecular weight excluding hydrogens is 221 g/mol. The Kier molecular flexibility index (Phi) is 3.39. The second kappa shape index (κ2) is 4.56. The minimum absolute atomic E-state index is 0.0716. The van der Waals surface area contributed by atoms with Crippen LogP contribution < -0.4 is 9.47 Å². The normalized spacial score (nSPS) is 9.69. The second-order valence-corrected chi connectivity index (χ2v) is 2.76. The molecule has 7 heteroatoms. The third kappa shape index (κ3) is 2.08. The summed E-state index contributed by atoms with van der Waals surface area (Å²) in [6, 6.07) is 0.0572. The van der Waals surface area contributed by atoms with Gasteiger partial charge in [0.2, 0.25) is 5.75 Å². The summed E-state index contributed by atoms with van der Waals surface area (Å²) in [6.07, 6.45) is 0. The number of nitro groups is 1. The summed E-state index contributed by atoms with van der Waals surface area (Å²) in [5.74, 6) is -0.227. The average Bonchev–Trinajstić information content (AvgIpc) is 2.26. The van der Waals surface area contributed by atoms with E-state index in [1.54, 1.807) is 0 Å². The molecule has 0 aliphatic heterocycles. The highest BCUT2D eigenvalue weighted by Gasteiger charge is 2.23. The Morgan fingerprint density at radius 2 is 2.00 bits per heavy atom. The van der Waals surface area contributed by atoms with E-state index in [0.717, 1.165) is 12.1 Å². The van der Waals surface area contributed by atoms with Gasteiger partial charge in [-0.15, -0.1) is 0 Å². The van der Waals surface area contributed by atoms with Gasteiger partial charge in [0.25, 0.3) is 0 Å². The number of nitrogens with zero attached hydrogens (tertiary/aromatic N) is 1. The van der Waals surface area contributed by atoms with Gasteiger partial charge in [-0.1, -0.05) is 0 Å². The van der Waals surface area contributed by atoms with Gasteiger partial charge >= 0.3 is 11.7 Å². The van der Waals surface area contributed by atoms with Crippen molar-refractivity contribution in [1.82, 2.24) is 0 Å². The molecule has 0 amide bonds. The summed E-state index contributed by atoms with van der Waals surface area (Å²) in [6.45, 7) is 0. The fourth-order valence-corrected chi connectivity index (χ4v) is 1.19. The summed E-state index contributed by atoms with van der Waals surface area (Å²) < 4.78 is 22.0. The maximum atomic E-state index is 12.5. The third-order valence-electron chi connectivity index (χ3n) is 1.88. The first kappa shape index (κ1) is 11.9. The van der Waals surface area contributed by atoms with Crippen LogP contribution in [0.4, 0.5) is 10.1 Å². The molecule has 16 heavy (non-hydrogen) atoms.